The van der Waals surface area contributed by atoms with Gasteiger partial charge in [0, 0.05) is 39.8 Å². The SMILES string of the molecule is CCCNC(C)c1ccc(N2CCSC(C)C2C)cc1Br. The molecule has 2 nitrogen and oxygen atoms in total. The lowest BCUT2D eigenvalue weighted by molar-refractivity contribution is 0.568. The Morgan fingerprint density at radius 1 is 1.43 bits per heavy atom. The van der Waals surface area contributed by atoms with Gasteiger partial charge < -0.3 is 10.2 Å². The molecule has 0 spiro atoms. The van der Waals surface area contributed by atoms with Gasteiger partial charge in [-0.2, -0.15) is 11.8 Å². The molecule has 3 unspecified atom stereocenters. The molecule has 4 heteroatoms. The van der Waals surface area contributed by atoms with Crippen LogP contribution in [0.3, 0.4) is 0 Å². The number of rotatable bonds is 5. The lowest BCUT2D eigenvalue weighted by Crippen LogP contribution is -2.44. The van der Waals surface area contributed by atoms with Crippen molar-refractivity contribution >= 4 is 33.4 Å². The van der Waals surface area contributed by atoms with E-state index in [0.29, 0.717) is 17.3 Å². The lowest BCUT2D eigenvalue weighted by Gasteiger charge is -2.39. The molecule has 0 bridgehead atoms. The summed E-state index contributed by atoms with van der Waals surface area (Å²) < 4.78 is 1.22. The molecule has 1 aliphatic heterocycles. The molecule has 1 aliphatic rings. The van der Waals surface area contributed by atoms with Gasteiger partial charge in [-0.05, 0) is 44.5 Å². The van der Waals surface area contributed by atoms with Crippen LogP contribution in [0.15, 0.2) is 22.7 Å². The maximum absolute atomic E-state index is 3.77. The second-order valence-corrected chi connectivity index (χ2v) is 8.23. The topological polar surface area (TPSA) is 15.3 Å². The largest absolute Gasteiger partial charge is 0.367 e. The van der Waals surface area contributed by atoms with E-state index in [4.69, 9.17) is 0 Å². The highest BCUT2D eigenvalue weighted by molar-refractivity contribution is 9.10. The Balaban J connectivity index is 2.14. The molecule has 21 heavy (non-hydrogen) atoms. The Morgan fingerprint density at radius 3 is 2.86 bits per heavy atom. The van der Waals surface area contributed by atoms with Gasteiger partial charge in [0.05, 0.1) is 0 Å². The highest BCUT2D eigenvalue weighted by atomic mass is 79.9. The van der Waals surface area contributed by atoms with Gasteiger partial charge in [0.15, 0.2) is 0 Å². The lowest BCUT2D eigenvalue weighted by atomic mass is 10.1. The van der Waals surface area contributed by atoms with E-state index in [2.05, 4.69) is 83.8 Å². The van der Waals surface area contributed by atoms with Crippen LogP contribution in [0.4, 0.5) is 5.69 Å². The van der Waals surface area contributed by atoms with E-state index in [1.807, 2.05) is 0 Å². The van der Waals surface area contributed by atoms with E-state index in [9.17, 15) is 0 Å². The third kappa shape index (κ3) is 4.17. The second kappa shape index (κ2) is 7.89. The summed E-state index contributed by atoms with van der Waals surface area (Å²) in [5.74, 6) is 1.22. The first-order valence-electron chi connectivity index (χ1n) is 7.95. The third-order valence-electron chi connectivity index (χ3n) is 4.37. The van der Waals surface area contributed by atoms with Gasteiger partial charge in [0.25, 0.3) is 0 Å². The van der Waals surface area contributed by atoms with Crippen molar-refractivity contribution in [3.8, 4) is 0 Å². The number of hydrogen-bond donors (Lipinski definition) is 1. The Kier molecular flexibility index (Phi) is 6.45. The summed E-state index contributed by atoms with van der Waals surface area (Å²) in [6, 6.07) is 7.83. The van der Waals surface area contributed by atoms with E-state index in [0.717, 1.165) is 13.1 Å². The average Bonchev–Trinajstić information content (AvgIpc) is 2.47. The molecule has 0 radical (unpaired) electrons. The zero-order chi connectivity index (χ0) is 15.4. The predicted molar refractivity (Wildman–Crippen MR) is 99.6 cm³/mol. The minimum atomic E-state index is 0.390. The van der Waals surface area contributed by atoms with E-state index >= 15 is 0 Å². The summed E-state index contributed by atoms with van der Waals surface area (Å²) in [4.78, 5) is 2.54. The summed E-state index contributed by atoms with van der Waals surface area (Å²) in [5.41, 5.74) is 2.69. The molecule has 1 N–H and O–H groups in total. The Morgan fingerprint density at radius 2 is 2.19 bits per heavy atom. The molecule has 0 aromatic heterocycles. The standard InChI is InChI=1S/C17H27BrN2S/c1-5-8-19-12(2)16-7-6-15(11-17(16)18)20-9-10-21-14(4)13(20)3/h6-7,11-14,19H,5,8-10H2,1-4H3. The van der Waals surface area contributed by atoms with E-state index in [1.54, 1.807) is 0 Å². The summed E-state index contributed by atoms with van der Waals surface area (Å²) in [5, 5.41) is 4.25. The second-order valence-electron chi connectivity index (χ2n) is 5.89. The van der Waals surface area contributed by atoms with Crippen molar-refractivity contribution in [2.24, 2.45) is 0 Å². The normalized spacial score (nSPS) is 24.1. The van der Waals surface area contributed by atoms with Crippen molar-refractivity contribution in [3.05, 3.63) is 28.2 Å². The smallest absolute Gasteiger partial charge is 0.0380 e. The molecular formula is C17H27BrN2S. The van der Waals surface area contributed by atoms with Gasteiger partial charge in [-0.1, -0.05) is 35.8 Å². The molecule has 118 valence electrons. The minimum Gasteiger partial charge on any atom is -0.367 e. The van der Waals surface area contributed by atoms with Crippen LogP contribution in [-0.2, 0) is 0 Å². The van der Waals surface area contributed by atoms with Crippen molar-refractivity contribution in [1.29, 1.82) is 0 Å². The van der Waals surface area contributed by atoms with Crippen molar-refractivity contribution < 1.29 is 0 Å². The maximum Gasteiger partial charge on any atom is 0.0380 e. The quantitative estimate of drug-likeness (QED) is 0.797. The van der Waals surface area contributed by atoms with Crippen molar-refractivity contribution in [3.63, 3.8) is 0 Å². The predicted octanol–water partition coefficient (Wildman–Crippen LogP) is 4.84. The first-order chi connectivity index (χ1) is 10.0. The maximum atomic E-state index is 3.77. The van der Waals surface area contributed by atoms with Gasteiger partial charge in [0.1, 0.15) is 0 Å². The van der Waals surface area contributed by atoms with Crippen molar-refractivity contribution in [2.45, 2.75) is 51.4 Å². The summed E-state index contributed by atoms with van der Waals surface area (Å²) in [7, 11) is 0. The Hall–Kier alpha value is -0.190. The number of benzene rings is 1. The molecule has 1 aromatic carbocycles. The molecular weight excluding hydrogens is 344 g/mol. The average molecular weight is 371 g/mol. The van der Waals surface area contributed by atoms with Crippen LogP contribution in [0.25, 0.3) is 0 Å². The molecule has 0 amide bonds. The van der Waals surface area contributed by atoms with Crippen molar-refractivity contribution in [2.75, 3.05) is 23.7 Å². The Labute approximate surface area is 142 Å². The third-order valence-corrected chi connectivity index (χ3v) is 6.39. The van der Waals surface area contributed by atoms with E-state index in [1.165, 1.54) is 27.9 Å². The molecule has 0 aliphatic carbocycles. The fraction of sp³-hybridized carbons (Fsp3) is 0.647. The number of hydrogen-bond acceptors (Lipinski definition) is 3. The number of anilines is 1. The number of nitrogens with one attached hydrogen (secondary N) is 1. The van der Waals surface area contributed by atoms with Crippen LogP contribution in [0.1, 0.15) is 45.7 Å². The van der Waals surface area contributed by atoms with E-state index in [-0.39, 0.29) is 0 Å². The van der Waals surface area contributed by atoms with Crippen molar-refractivity contribution in [1.82, 2.24) is 5.32 Å². The number of thioether (sulfide) groups is 1. The molecule has 1 heterocycles. The molecule has 3 atom stereocenters. The van der Waals surface area contributed by atoms with Gasteiger partial charge in [-0.15, -0.1) is 0 Å². The first kappa shape index (κ1) is 17.2. The summed E-state index contributed by atoms with van der Waals surface area (Å²) in [6.45, 7) is 11.3. The number of nitrogens with zero attached hydrogens (tertiary/aromatic N) is 1. The van der Waals surface area contributed by atoms with Crippen LogP contribution in [-0.4, -0.2) is 30.1 Å². The summed E-state index contributed by atoms with van der Waals surface area (Å²) >= 11 is 5.85. The zero-order valence-corrected chi connectivity index (χ0v) is 15.9. The van der Waals surface area contributed by atoms with Crippen LogP contribution in [0, 0.1) is 0 Å². The zero-order valence-electron chi connectivity index (χ0n) is 13.5. The van der Waals surface area contributed by atoms with Gasteiger partial charge in [0.2, 0.25) is 0 Å². The fourth-order valence-electron chi connectivity index (χ4n) is 2.81. The van der Waals surface area contributed by atoms with Gasteiger partial charge in [-0.3, -0.25) is 0 Å². The van der Waals surface area contributed by atoms with E-state index < -0.39 is 0 Å². The van der Waals surface area contributed by atoms with Crippen LogP contribution >= 0.6 is 27.7 Å². The van der Waals surface area contributed by atoms with Gasteiger partial charge in [-0.25, -0.2) is 0 Å². The molecule has 1 fully saturated rings. The molecule has 1 saturated heterocycles. The number of halogens is 1. The summed E-state index contributed by atoms with van der Waals surface area (Å²) in [6.07, 6.45) is 1.17. The molecule has 0 saturated carbocycles. The van der Waals surface area contributed by atoms with Crippen LogP contribution in [0.2, 0.25) is 0 Å². The van der Waals surface area contributed by atoms with Gasteiger partial charge >= 0.3 is 0 Å². The highest BCUT2D eigenvalue weighted by Crippen LogP contribution is 2.33. The molecule has 1 aromatic rings. The first-order valence-corrected chi connectivity index (χ1v) is 9.79. The minimum absolute atomic E-state index is 0.390. The fourth-order valence-corrected chi connectivity index (χ4v) is 4.62. The monoisotopic (exact) mass is 370 g/mol. The van der Waals surface area contributed by atoms with Crippen LogP contribution in [0.5, 0.6) is 0 Å². The Bertz CT molecular complexity index is 466. The highest BCUT2D eigenvalue weighted by Gasteiger charge is 2.25. The van der Waals surface area contributed by atoms with Crippen LogP contribution < -0.4 is 10.2 Å². The molecule has 2 rings (SSSR count).